The standard InChI is InChI=1S/C8H16N2/c1-2-10-4-3-9-7-5-8(10)6-7/h7-9H,2-6H2,1H3. The van der Waals surface area contributed by atoms with Crippen LogP contribution in [0.4, 0.5) is 0 Å². The average Bonchev–Trinajstić information content (AvgIpc) is 2.14. The summed E-state index contributed by atoms with van der Waals surface area (Å²) in [6.45, 7) is 5.96. The number of likely N-dealkylation sites (N-methyl/N-ethyl adjacent to an activating group) is 1. The summed E-state index contributed by atoms with van der Waals surface area (Å²) >= 11 is 0. The second-order valence-corrected chi connectivity index (χ2v) is 3.40. The van der Waals surface area contributed by atoms with E-state index in [0.717, 1.165) is 12.1 Å². The van der Waals surface area contributed by atoms with Crippen molar-refractivity contribution in [2.45, 2.75) is 31.8 Å². The summed E-state index contributed by atoms with van der Waals surface area (Å²) in [6.07, 6.45) is 2.79. The van der Waals surface area contributed by atoms with E-state index in [9.17, 15) is 0 Å². The van der Waals surface area contributed by atoms with Gasteiger partial charge in [0.25, 0.3) is 0 Å². The molecule has 2 bridgehead atoms. The normalized spacial score (nSPS) is 40.5. The summed E-state index contributed by atoms with van der Waals surface area (Å²) in [5, 5.41) is 3.53. The highest BCUT2D eigenvalue weighted by atomic mass is 15.2. The van der Waals surface area contributed by atoms with Crippen LogP contribution in [0.1, 0.15) is 19.8 Å². The van der Waals surface area contributed by atoms with Crippen molar-refractivity contribution < 1.29 is 0 Å². The smallest absolute Gasteiger partial charge is 0.0125 e. The molecule has 0 aromatic heterocycles. The Balaban J connectivity index is 1.95. The Labute approximate surface area is 62.6 Å². The zero-order chi connectivity index (χ0) is 6.97. The average molecular weight is 140 g/mol. The zero-order valence-electron chi connectivity index (χ0n) is 6.64. The van der Waals surface area contributed by atoms with Crippen molar-refractivity contribution >= 4 is 0 Å². The van der Waals surface area contributed by atoms with Crippen LogP contribution in [0.5, 0.6) is 0 Å². The molecule has 0 unspecified atom stereocenters. The Kier molecular flexibility index (Phi) is 1.66. The summed E-state index contributed by atoms with van der Waals surface area (Å²) in [5.41, 5.74) is 0. The molecule has 58 valence electrons. The highest BCUT2D eigenvalue weighted by Gasteiger charge is 2.34. The summed E-state index contributed by atoms with van der Waals surface area (Å²) in [5.74, 6) is 0. The lowest BCUT2D eigenvalue weighted by Crippen LogP contribution is -2.47. The minimum Gasteiger partial charge on any atom is -0.313 e. The van der Waals surface area contributed by atoms with Gasteiger partial charge in [0.1, 0.15) is 0 Å². The molecule has 3 aliphatic rings. The Hall–Kier alpha value is -0.0800. The van der Waals surface area contributed by atoms with Crippen molar-refractivity contribution in [3.63, 3.8) is 0 Å². The molecule has 2 nitrogen and oxygen atoms in total. The molecule has 0 spiro atoms. The van der Waals surface area contributed by atoms with E-state index in [4.69, 9.17) is 0 Å². The maximum atomic E-state index is 3.53. The first-order valence-electron chi connectivity index (χ1n) is 4.37. The first-order valence-corrected chi connectivity index (χ1v) is 4.37. The van der Waals surface area contributed by atoms with E-state index in [1.165, 1.54) is 32.5 Å². The summed E-state index contributed by atoms with van der Waals surface area (Å²) in [7, 11) is 0. The van der Waals surface area contributed by atoms with Crippen molar-refractivity contribution in [1.29, 1.82) is 0 Å². The van der Waals surface area contributed by atoms with Gasteiger partial charge in [-0.1, -0.05) is 6.92 Å². The fraction of sp³-hybridized carbons (Fsp3) is 1.00. The molecule has 0 aromatic rings. The van der Waals surface area contributed by atoms with E-state index in [2.05, 4.69) is 17.1 Å². The largest absolute Gasteiger partial charge is 0.313 e. The van der Waals surface area contributed by atoms with Crippen LogP contribution in [0.2, 0.25) is 0 Å². The molecular formula is C8H16N2. The van der Waals surface area contributed by atoms with Crippen molar-refractivity contribution in [3.05, 3.63) is 0 Å². The second kappa shape index (κ2) is 2.51. The van der Waals surface area contributed by atoms with Gasteiger partial charge in [-0.2, -0.15) is 0 Å². The van der Waals surface area contributed by atoms with Gasteiger partial charge in [0, 0.05) is 25.2 Å². The monoisotopic (exact) mass is 140 g/mol. The molecule has 3 rings (SSSR count). The van der Waals surface area contributed by atoms with E-state index in [0.29, 0.717) is 0 Å². The number of hydrogen-bond donors (Lipinski definition) is 1. The first kappa shape index (κ1) is 6.62. The summed E-state index contributed by atoms with van der Waals surface area (Å²) < 4.78 is 0. The number of hydrogen-bond acceptors (Lipinski definition) is 2. The molecule has 0 radical (unpaired) electrons. The van der Waals surface area contributed by atoms with Gasteiger partial charge in [-0.25, -0.2) is 0 Å². The van der Waals surface area contributed by atoms with Gasteiger partial charge in [0.05, 0.1) is 0 Å². The van der Waals surface area contributed by atoms with Crippen LogP contribution >= 0.6 is 0 Å². The van der Waals surface area contributed by atoms with Gasteiger partial charge in [-0.3, -0.25) is 4.90 Å². The third kappa shape index (κ3) is 0.956. The highest BCUT2D eigenvalue weighted by molar-refractivity contribution is 4.94. The molecule has 2 aliphatic heterocycles. The number of fused-ring (bicyclic) bond motifs is 3. The lowest BCUT2D eigenvalue weighted by Gasteiger charge is -2.38. The predicted molar refractivity (Wildman–Crippen MR) is 42.1 cm³/mol. The van der Waals surface area contributed by atoms with Gasteiger partial charge in [0.15, 0.2) is 0 Å². The van der Waals surface area contributed by atoms with E-state index >= 15 is 0 Å². The molecule has 2 heterocycles. The molecule has 1 N–H and O–H groups in total. The van der Waals surface area contributed by atoms with Crippen LogP contribution in [0.3, 0.4) is 0 Å². The van der Waals surface area contributed by atoms with E-state index in [1.807, 2.05) is 0 Å². The maximum Gasteiger partial charge on any atom is 0.0125 e. The van der Waals surface area contributed by atoms with Gasteiger partial charge >= 0.3 is 0 Å². The Morgan fingerprint density at radius 1 is 1.50 bits per heavy atom. The van der Waals surface area contributed by atoms with Gasteiger partial charge in [-0.15, -0.1) is 0 Å². The Bertz CT molecular complexity index is 118. The molecule has 0 atom stereocenters. The molecule has 1 saturated carbocycles. The molecule has 0 aromatic carbocycles. The van der Waals surface area contributed by atoms with Crippen LogP contribution in [-0.2, 0) is 0 Å². The van der Waals surface area contributed by atoms with Crippen LogP contribution in [0.25, 0.3) is 0 Å². The fourth-order valence-corrected chi connectivity index (χ4v) is 2.06. The van der Waals surface area contributed by atoms with E-state index in [1.54, 1.807) is 0 Å². The van der Waals surface area contributed by atoms with Crippen molar-refractivity contribution in [2.24, 2.45) is 0 Å². The van der Waals surface area contributed by atoms with E-state index < -0.39 is 0 Å². The number of rotatable bonds is 1. The third-order valence-corrected chi connectivity index (χ3v) is 2.87. The highest BCUT2D eigenvalue weighted by Crippen LogP contribution is 2.27. The number of nitrogens with zero attached hydrogens (tertiary/aromatic N) is 1. The minimum atomic E-state index is 0.863. The van der Waals surface area contributed by atoms with Crippen LogP contribution in [-0.4, -0.2) is 36.6 Å². The summed E-state index contributed by atoms with van der Waals surface area (Å²) in [4.78, 5) is 2.59. The zero-order valence-corrected chi connectivity index (χ0v) is 6.64. The molecular weight excluding hydrogens is 124 g/mol. The predicted octanol–water partition coefficient (Wildman–Crippen LogP) is 0.443. The van der Waals surface area contributed by atoms with Crippen LogP contribution < -0.4 is 5.32 Å². The third-order valence-electron chi connectivity index (χ3n) is 2.87. The van der Waals surface area contributed by atoms with Crippen LogP contribution in [0.15, 0.2) is 0 Å². The molecule has 1 aliphatic carbocycles. The minimum absolute atomic E-state index is 0.863. The van der Waals surface area contributed by atoms with Gasteiger partial charge < -0.3 is 5.32 Å². The number of nitrogens with one attached hydrogen (secondary N) is 1. The van der Waals surface area contributed by atoms with Gasteiger partial charge in [0.2, 0.25) is 0 Å². The molecule has 2 heteroatoms. The topological polar surface area (TPSA) is 15.3 Å². The van der Waals surface area contributed by atoms with Crippen molar-refractivity contribution in [3.8, 4) is 0 Å². The first-order chi connectivity index (χ1) is 4.90. The fourth-order valence-electron chi connectivity index (χ4n) is 2.06. The molecule has 2 saturated heterocycles. The quantitative estimate of drug-likeness (QED) is 0.568. The maximum absolute atomic E-state index is 3.53. The Morgan fingerprint density at radius 3 is 3.00 bits per heavy atom. The molecule has 0 amide bonds. The van der Waals surface area contributed by atoms with Gasteiger partial charge in [-0.05, 0) is 19.4 Å². The van der Waals surface area contributed by atoms with Crippen LogP contribution in [0, 0.1) is 0 Å². The molecule has 3 fully saturated rings. The lowest BCUT2D eigenvalue weighted by atomic mass is 9.86. The van der Waals surface area contributed by atoms with Crippen molar-refractivity contribution in [1.82, 2.24) is 10.2 Å². The second-order valence-electron chi connectivity index (χ2n) is 3.40. The van der Waals surface area contributed by atoms with Crippen molar-refractivity contribution in [2.75, 3.05) is 19.6 Å². The lowest BCUT2D eigenvalue weighted by molar-refractivity contribution is 0.141. The Morgan fingerprint density at radius 2 is 2.30 bits per heavy atom. The SMILES string of the molecule is CCN1CCNC2CC1C2. The summed E-state index contributed by atoms with van der Waals surface area (Å²) in [6, 6.07) is 1.78. The molecule has 10 heavy (non-hydrogen) atoms. The van der Waals surface area contributed by atoms with E-state index in [-0.39, 0.29) is 0 Å².